The van der Waals surface area contributed by atoms with Crippen molar-refractivity contribution in [3.8, 4) is 28.0 Å². The Kier molecular flexibility index (Phi) is 6.02. The molecule has 0 unspecified atom stereocenters. The molecule has 0 atom stereocenters. The predicted molar refractivity (Wildman–Crippen MR) is 132 cm³/mol. The van der Waals surface area contributed by atoms with Gasteiger partial charge in [0.05, 0.1) is 10.7 Å². The molecule has 9 heteroatoms. The van der Waals surface area contributed by atoms with Gasteiger partial charge in [0.25, 0.3) is 0 Å². The molecule has 0 aliphatic carbocycles. The summed E-state index contributed by atoms with van der Waals surface area (Å²) in [6.07, 6.45) is 1.67. The summed E-state index contributed by atoms with van der Waals surface area (Å²) in [6.45, 7) is 4.57. The lowest BCUT2D eigenvalue weighted by Crippen LogP contribution is -2.43. The van der Waals surface area contributed by atoms with Gasteiger partial charge in [-0.1, -0.05) is 17.7 Å². The summed E-state index contributed by atoms with van der Waals surface area (Å²) in [5.74, 6) is 0.274. The molecular weight excluding hydrogens is 457 g/mol. The molecule has 3 aromatic rings. The van der Waals surface area contributed by atoms with E-state index in [1.165, 1.54) is 12.1 Å². The first kappa shape index (κ1) is 22.4. The van der Waals surface area contributed by atoms with Gasteiger partial charge in [0.15, 0.2) is 0 Å². The number of hydrogen-bond donors (Lipinski definition) is 2. The standard InChI is InChI=1S/C25H25ClFN5O2/c1-30-10-11-32(25(30)34)22-3-2-16(12-21(22)26)19-14-18(27)15-20(24(19)33)17-4-5-29-23(13-17)31-8-6-28-7-9-31/h2-5,12-15,28,33H,6-11H2,1H3. The lowest BCUT2D eigenvalue weighted by atomic mass is 9.97. The number of halogens is 2. The Hall–Kier alpha value is -3.36. The first-order valence-electron chi connectivity index (χ1n) is 11.2. The van der Waals surface area contributed by atoms with Crippen LogP contribution in [0.25, 0.3) is 22.3 Å². The normalized spacial score (nSPS) is 16.4. The fourth-order valence-electron chi connectivity index (χ4n) is 4.46. The SMILES string of the molecule is CN1CCN(c2ccc(-c3cc(F)cc(-c4ccnc(N5CCNCC5)c4)c3O)cc2Cl)C1=O. The van der Waals surface area contributed by atoms with Crippen LogP contribution in [0.15, 0.2) is 48.7 Å². The van der Waals surface area contributed by atoms with Gasteiger partial charge >= 0.3 is 6.03 Å². The number of carbonyl (C=O) groups excluding carboxylic acids is 1. The third-order valence-electron chi connectivity index (χ3n) is 6.34. The zero-order valence-corrected chi connectivity index (χ0v) is 19.5. The van der Waals surface area contributed by atoms with Gasteiger partial charge in [-0.2, -0.15) is 0 Å². The highest BCUT2D eigenvalue weighted by molar-refractivity contribution is 6.34. The minimum Gasteiger partial charge on any atom is -0.507 e. The average molecular weight is 482 g/mol. The number of hydrogen-bond acceptors (Lipinski definition) is 5. The van der Waals surface area contributed by atoms with E-state index >= 15 is 0 Å². The summed E-state index contributed by atoms with van der Waals surface area (Å²) >= 11 is 6.52. The molecule has 2 saturated heterocycles. The molecule has 34 heavy (non-hydrogen) atoms. The fraction of sp³-hybridized carbons (Fsp3) is 0.280. The number of nitrogens with zero attached hydrogens (tertiary/aromatic N) is 4. The second-order valence-corrected chi connectivity index (χ2v) is 8.92. The highest BCUT2D eigenvalue weighted by Crippen LogP contribution is 2.41. The summed E-state index contributed by atoms with van der Waals surface area (Å²) in [5.41, 5.74) is 2.53. The van der Waals surface area contributed by atoms with Crippen molar-refractivity contribution in [3.63, 3.8) is 0 Å². The van der Waals surface area contributed by atoms with Crippen LogP contribution < -0.4 is 15.1 Å². The zero-order valence-electron chi connectivity index (χ0n) is 18.8. The average Bonchev–Trinajstić information content (AvgIpc) is 3.18. The molecule has 2 N–H and O–H groups in total. The molecule has 2 aromatic carbocycles. The second-order valence-electron chi connectivity index (χ2n) is 8.51. The van der Waals surface area contributed by atoms with Crippen LogP contribution >= 0.6 is 11.6 Å². The molecule has 3 heterocycles. The Bertz CT molecular complexity index is 1250. The predicted octanol–water partition coefficient (Wildman–Crippen LogP) is 4.20. The van der Waals surface area contributed by atoms with Crippen LogP contribution in [-0.2, 0) is 0 Å². The summed E-state index contributed by atoms with van der Waals surface area (Å²) in [5, 5.41) is 14.8. The van der Waals surface area contributed by atoms with Crippen molar-refractivity contribution < 1.29 is 14.3 Å². The lowest BCUT2D eigenvalue weighted by molar-refractivity contribution is 0.229. The number of pyridine rings is 1. The molecule has 176 valence electrons. The van der Waals surface area contributed by atoms with Crippen LogP contribution in [0.1, 0.15) is 0 Å². The van der Waals surface area contributed by atoms with Crippen molar-refractivity contribution in [3.05, 3.63) is 59.5 Å². The number of likely N-dealkylation sites (N-methyl/N-ethyl adjacent to an activating group) is 1. The van der Waals surface area contributed by atoms with Crippen LogP contribution in [0.5, 0.6) is 5.75 Å². The number of carbonyl (C=O) groups is 1. The van der Waals surface area contributed by atoms with Gasteiger partial charge in [0, 0.05) is 63.6 Å². The van der Waals surface area contributed by atoms with E-state index in [4.69, 9.17) is 11.6 Å². The number of anilines is 2. The zero-order chi connectivity index (χ0) is 23.8. The Balaban J connectivity index is 1.51. The van der Waals surface area contributed by atoms with E-state index in [0.29, 0.717) is 46.1 Å². The Morgan fingerprint density at radius 3 is 2.35 bits per heavy atom. The van der Waals surface area contributed by atoms with Crippen molar-refractivity contribution in [2.24, 2.45) is 0 Å². The highest BCUT2D eigenvalue weighted by atomic mass is 35.5. The maximum atomic E-state index is 14.7. The number of urea groups is 1. The molecule has 5 rings (SSSR count). The van der Waals surface area contributed by atoms with E-state index in [0.717, 1.165) is 32.0 Å². The number of aromatic hydroxyl groups is 1. The van der Waals surface area contributed by atoms with Crippen LogP contribution in [-0.4, -0.2) is 67.3 Å². The van der Waals surface area contributed by atoms with Crippen LogP contribution in [0, 0.1) is 5.82 Å². The van der Waals surface area contributed by atoms with Gasteiger partial charge < -0.3 is 20.2 Å². The lowest BCUT2D eigenvalue weighted by Gasteiger charge is -2.28. The summed E-state index contributed by atoms with van der Waals surface area (Å²) in [6, 6.07) is 11.2. The molecule has 0 bridgehead atoms. The van der Waals surface area contributed by atoms with Gasteiger partial charge in [-0.05, 0) is 47.5 Å². The largest absolute Gasteiger partial charge is 0.507 e. The van der Waals surface area contributed by atoms with Crippen molar-refractivity contribution in [2.75, 3.05) is 56.1 Å². The molecule has 2 aliphatic rings. The number of piperazine rings is 1. The maximum Gasteiger partial charge on any atom is 0.324 e. The number of amides is 2. The molecule has 0 radical (unpaired) electrons. The van der Waals surface area contributed by atoms with Crippen molar-refractivity contribution in [1.82, 2.24) is 15.2 Å². The quantitative estimate of drug-likeness (QED) is 0.584. The molecule has 2 amide bonds. The first-order chi connectivity index (χ1) is 16.4. The molecule has 1 aromatic heterocycles. The number of rotatable bonds is 4. The van der Waals surface area contributed by atoms with E-state index in [-0.39, 0.29) is 11.8 Å². The van der Waals surface area contributed by atoms with Crippen molar-refractivity contribution >= 4 is 29.1 Å². The third-order valence-corrected chi connectivity index (χ3v) is 6.64. The molecule has 2 fully saturated rings. The highest BCUT2D eigenvalue weighted by Gasteiger charge is 2.28. The molecular formula is C25H25ClFN5O2. The number of phenols is 1. The second kappa shape index (κ2) is 9.12. The minimum atomic E-state index is -0.472. The number of phenolic OH excluding ortho intramolecular Hbond substituents is 1. The summed E-state index contributed by atoms with van der Waals surface area (Å²) in [4.78, 5) is 22.2. The maximum absolute atomic E-state index is 14.7. The molecule has 2 aliphatic heterocycles. The van der Waals surface area contributed by atoms with Crippen LogP contribution in [0.2, 0.25) is 5.02 Å². The first-order valence-corrected chi connectivity index (χ1v) is 11.6. The monoisotopic (exact) mass is 481 g/mol. The van der Waals surface area contributed by atoms with E-state index < -0.39 is 5.82 Å². The summed E-state index contributed by atoms with van der Waals surface area (Å²) < 4.78 is 14.7. The molecule has 0 saturated carbocycles. The van der Waals surface area contributed by atoms with E-state index in [1.807, 2.05) is 6.07 Å². The van der Waals surface area contributed by atoms with Gasteiger partial charge in [-0.3, -0.25) is 4.90 Å². The number of nitrogens with one attached hydrogen (secondary N) is 1. The third kappa shape index (κ3) is 4.15. The van der Waals surface area contributed by atoms with Gasteiger partial charge in [0.2, 0.25) is 0 Å². The summed E-state index contributed by atoms with van der Waals surface area (Å²) in [7, 11) is 1.74. The van der Waals surface area contributed by atoms with E-state index in [9.17, 15) is 14.3 Å². The Morgan fingerprint density at radius 1 is 1.00 bits per heavy atom. The molecule has 7 nitrogen and oxygen atoms in total. The van der Waals surface area contributed by atoms with E-state index in [2.05, 4.69) is 15.2 Å². The topological polar surface area (TPSA) is 71.9 Å². The van der Waals surface area contributed by atoms with E-state index in [1.54, 1.807) is 47.3 Å². The number of benzene rings is 2. The van der Waals surface area contributed by atoms with Gasteiger partial charge in [-0.25, -0.2) is 14.2 Å². The smallest absolute Gasteiger partial charge is 0.324 e. The van der Waals surface area contributed by atoms with Crippen LogP contribution in [0.4, 0.5) is 20.7 Å². The Labute approximate surface area is 202 Å². The minimum absolute atomic E-state index is 0.0420. The molecule has 0 spiro atoms. The number of aromatic nitrogens is 1. The van der Waals surface area contributed by atoms with Crippen molar-refractivity contribution in [1.29, 1.82) is 0 Å². The fourth-order valence-corrected chi connectivity index (χ4v) is 4.74. The van der Waals surface area contributed by atoms with Crippen molar-refractivity contribution in [2.45, 2.75) is 0 Å². The van der Waals surface area contributed by atoms with Crippen LogP contribution in [0.3, 0.4) is 0 Å². The van der Waals surface area contributed by atoms with Gasteiger partial charge in [-0.15, -0.1) is 0 Å². The Morgan fingerprint density at radius 2 is 1.71 bits per heavy atom. The van der Waals surface area contributed by atoms with Gasteiger partial charge in [0.1, 0.15) is 17.4 Å².